The van der Waals surface area contributed by atoms with Gasteiger partial charge in [0.1, 0.15) is 11.6 Å². The summed E-state index contributed by atoms with van der Waals surface area (Å²) >= 11 is 0. The van der Waals surface area contributed by atoms with Crippen molar-refractivity contribution in [3.05, 3.63) is 41.8 Å². The summed E-state index contributed by atoms with van der Waals surface area (Å²) in [6.07, 6.45) is 9.93. The minimum atomic E-state index is -0.222. The third kappa shape index (κ3) is 2.44. The minimum Gasteiger partial charge on any atom is -0.393 e. The molecule has 5 heteroatoms. The molecule has 3 aliphatic carbocycles. The standard InChI is InChI=1S/C25H32FN3O/c1-24-12-11-20-18(19(24)8-10-22(24)30)7-9-21-25(20,2)13-15-14-27-29(23(15)28-21)17-5-3-16(26)4-6-17/h3-6,14,18-22,28,30H,7-13H2,1-2H3/t18-,19?,20?,21?,22-,24-,25+/m0/s1. The van der Waals surface area contributed by atoms with Gasteiger partial charge in [0.2, 0.25) is 0 Å². The van der Waals surface area contributed by atoms with Crippen LogP contribution in [0.25, 0.3) is 5.69 Å². The molecular formula is C25H32FN3O. The number of aromatic nitrogens is 2. The Hall–Kier alpha value is -1.88. The van der Waals surface area contributed by atoms with Crippen molar-refractivity contribution in [2.75, 3.05) is 5.32 Å². The van der Waals surface area contributed by atoms with Gasteiger partial charge < -0.3 is 10.4 Å². The van der Waals surface area contributed by atoms with Crippen molar-refractivity contribution in [2.45, 2.75) is 70.9 Å². The molecular weight excluding hydrogens is 377 g/mol. The molecule has 4 aliphatic rings. The summed E-state index contributed by atoms with van der Waals surface area (Å²) in [6.45, 7) is 4.84. The van der Waals surface area contributed by atoms with Gasteiger partial charge in [0.05, 0.1) is 18.0 Å². The van der Waals surface area contributed by atoms with Crippen molar-refractivity contribution in [1.82, 2.24) is 9.78 Å². The maximum atomic E-state index is 13.4. The maximum absolute atomic E-state index is 13.4. The highest BCUT2D eigenvalue weighted by Crippen LogP contribution is 2.64. The number of anilines is 1. The van der Waals surface area contributed by atoms with Gasteiger partial charge in [-0.05, 0) is 97.8 Å². The van der Waals surface area contributed by atoms with Gasteiger partial charge in [-0.25, -0.2) is 9.07 Å². The summed E-state index contributed by atoms with van der Waals surface area (Å²) in [5, 5.41) is 19.2. The summed E-state index contributed by atoms with van der Waals surface area (Å²) in [5.74, 6) is 2.97. The van der Waals surface area contributed by atoms with E-state index < -0.39 is 0 Å². The van der Waals surface area contributed by atoms with Crippen molar-refractivity contribution < 1.29 is 9.50 Å². The molecule has 2 heterocycles. The second-order valence-corrected chi connectivity index (χ2v) is 10.9. The van der Waals surface area contributed by atoms with Crippen LogP contribution in [0.1, 0.15) is 57.9 Å². The van der Waals surface area contributed by atoms with E-state index in [2.05, 4.69) is 24.3 Å². The average Bonchev–Trinajstić information content (AvgIpc) is 3.27. The Morgan fingerprint density at radius 1 is 1.03 bits per heavy atom. The highest BCUT2D eigenvalue weighted by Gasteiger charge is 2.60. The highest BCUT2D eigenvalue weighted by atomic mass is 19.1. The normalized spacial score (nSPS) is 41.9. The Morgan fingerprint density at radius 2 is 1.80 bits per heavy atom. The fourth-order valence-corrected chi connectivity index (χ4v) is 7.94. The number of halogens is 1. The quantitative estimate of drug-likeness (QED) is 0.701. The van der Waals surface area contributed by atoms with E-state index in [0.717, 1.165) is 36.7 Å². The molecule has 0 radical (unpaired) electrons. The van der Waals surface area contributed by atoms with Gasteiger partial charge in [-0.15, -0.1) is 0 Å². The summed E-state index contributed by atoms with van der Waals surface area (Å²) < 4.78 is 15.3. The lowest BCUT2D eigenvalue weighted by Crippen LogP contribution is -2.58. The van der Waals surface area contributed by atoms with Crippen LogP contribution in [0.5, 0.6) is 0 Å². The topological polar surface area (TPSA) is 50.1 Å². The average molecular weight is 410 g/mol. The first-order valence-corrected chi connectivity index (χ1v) is 11.7. The molecule has 7 atom stereocenters. The maximum Gasteiger partial charge on any atom is 0.133 e. The Labute approximate surface area is 177 Å². The molecule has 0 bridgehead atoms. The van der Waals surface area contributed by atoms with Crippen LogP contribution in [0.4, 0.5) is 10.2 Å². The first-order valence-electron chi connectivity index (χ1n) is 11.7. The molecule has 0 saturated heterocycles. The predicted octanol–water partition coefficient (Wildman–Crippen LogP) is 4.95. The molecule has 4 nitrogen and oxygen atoms in total. The molecule has 3 saturated carbocycles. The van der Waals surface area contributed by atoms with Crippen LogP contribution < -0.4 is 5.32 Å². The van der Waals surface area contributed by atoms with E-state index in [1.807, 2.05) is 10.9 Å². The van der Waals surface area contributed by atoms with E-state index in [1.54, 1.807) is 12.1 Å². The van der Waals surface area contributed by atoms with Crippen molar-refractivity contribution >= 4 is 5.82 Å². The van der Waals surface area contributed by atoms with Gasteiger partial charge in [0.15, 0.2) is 0 Å². The molecule has 1 aliphatic heterocycles. The lowest BCUT2D eigenvalue weighted by Gasteiger charge is -2.60. The Balaban J connectivity index is 1.33. The van der Waals surface area contributed by atoms with E-state index in [1.165, 1.54) is 43.4 Å². The molecule has 3 unspecified atom stereocenters. The zero-order valence-electron chi connectivity index (χ0n) is 17.9. The van der Waals surface area contributed by atoms with Crippen LogP contribution in [0.3, 0.4) is 0 Å². The largest absolute Gasteiger partial charge is 0.393 e. The number of nitrogens with zero attached hydrogens (tertiary/aromatic N) is 2. The van der Waals surface area contributed by atoms with Gasteiger partial charge in [-0.1, -0.05) is 13.8 Å². The Morgan fingerprint density at radius 3 is 2.60 bits per heavy atom. The molecule has 160 valence electrons. The smallest absolute Gasteiger partial charge is 0.133 e. The molecule has 0 spiro atoms. The van der Waals surface area contributed by atoms with Gasteiger partial charge in [0, 0.05) is 11.6 Å². The monoisotopic (exact) mass is 409 g/mol. The van der Waals surface area contributed by atoms with E-state index in [4.69, 9.17) is 0 Å². The predicted molar refractivity (Wildman–Crippen MR) is 115 cm³/mol. The van der Waals surface area contributed by atoms with E-state index in [9.17, 15) is 9.50 Å². The number of hydrogen-bond acceptors (Lipinski definition) is 3. The molecule has 30 heavy (non-hydrogen) atoms. The zero-order chi connectivity index (χ0) is 20.7. The van der Waals surface area contributed by atoms with Crippen molar-refractivity contribution in [2.24, 2.45) is 28.6 Å². The molecule has 2 N–H and O–H groups in total. The molecule has 3 fully saturated rings. The lowest BCUT2D eigenvalue weighted by molar-refractivity contribution is -0.0914. The fourth-order valence-electron chi connectivity index (χ4n) is 7.94. The number of benzene rings is 1. The molecule has 6 rings (SSSR count). The highest BCUT2D eigenvalue weighted by molar-refractivity contribution is 5.54. The van der Waals surface area contributed by atoms with Crippen molar-refractivity contribution in [1.29, 1.82) is 0 Å². The number of aliphatic hydroxyl groups excluding tert-OH is 1. The van der Waals surface area contributed by atoms with Crippen LogP contribution in [-0.2, 0) is 6.42 Å². The first kappa shape index (κ1) is 18.9. The number of hydrogen-bond donors (Lipinski definition) is 2. The number of nitrogens with one attached hydrogen (secondary N) is 1. The number of fused-ring (bicyclic) bond motifs is 6. The number of rotatable bonds is 1. The molecule has 0 amide bonds. The molecule has 1 aromatic heterocycles. The summed E-state index contributed by atoms with van der Waals surface area (Å²) in [5.41, 5.74) is 2.53. The third-order valence-corrected chi connectivity index (χ3v) is 9.62. The van der Waals surface area contributed by atoms with E-state index in [0.29, 0.717) is 17.9 Å². The van der Waals surface area contributed by atoms with Crippen LogP contribution in [0.2, 0.25) is 0 Å². The lowest BCUT2D eigenvalue weighted by atomic mass is 9.47. The Bertz CT molecular complexity index is 971. The van der Waals surface area contributed by atoms with Crippen molar-refractivity contribution in [3.8, 4) is 5.69 Å². The van der Waals surface area contributed by atoms with Crippen molar-refractivity contribution in [3.63, 3.8) is 0 Å². The SMILES string of the molecule is C[C@]12Cc3cnn(-c4ccc(F)cc4)c3NC1CC[C@@H]1C2CC[C@@]2(C)C1CC[C@@H]2O. The number of aliphatic hydroxyl groups is 1. The molecule has 1 aromatic carbocycles. The van der Waals surface area contributed by atoms with Gasteiger partial charge >= 0.3 is 0 Å². The minimum absolute atomic E-state index is 0.112. The summed E-state index contributed by atoms with van der Waals surface area (Å²) in [4.78, 5) is 0. The summed E-state index contributed by atoms with van der Waals surface area (Å²) in [6, 6.07) is 7.02. The third-order valence-electron chi connectivity index (χ3n) is 9.62. The summed E-state index contributed by atoms with van der Waals surface area (Å²) in [7, 11) is 0. The van der Waals surface area contributed by atoms with E-state index in [-0.39, 0.29) is 22.8 Å². The van der Waals surface area contributed by atoms with Crippen LogP contribution in [-0.4, -0.2) is 27.0 Å². The first-order chi connectivity index (χ1) is 14.4. The second-order valence-electron chi connectivity index (χ2n) is 10.9. The van der Waals surface area contributed by atoms with Crippen LogP contribution >= 0.6 is 0 Å². The molecule has 2 aromatic rings. The zero-order valence-corrected chi connectivity index (χ0v) is 17.9. The van der Waals surface area contributed by atoms with Crippen LogP contribution in [0.15, 0.2) is 30.5 Å². The second kappa shape index (κ2) is 6.32. The van der Waals surface area contributed by atoms with Gasteiger partial charge in [-0.2, -0.15) is 5.10 Å². The van der Waals surface area contributed by atoms with Crippen LogP contribution in [0, 0.1) is 34.4 Å². The Kier molecular flexibility index (Phi) is 3.97. The fraction of sp³-hybridized carbons (Fsp3) is 0.640. The van der Waals surface area contributed by atoms with Gasteiger partial charge in [-0.3, -0.25) is 0 Å². The van der Waals surface area contributed by atoms with Gasteiger partial charge in [0.25, 0.3) is 0 Å². The van der Waals surface area contributed by atoms with E-state index >= 15 is 0 Å².